The molecule has 136 valence electrons. The van der Waals surface area contributed by atoms with Crippen LogP contribution in [-0.2, 0) is 9.53 Å². The van der Waals surface area contributed by atoms with Crippen LogP contribution in [0.2, 0.25) is 0 Å². The molecule has 0 saturated carbocycles. The third-order valence-electron chi connectivity index (χ3n) is 4.35. The summed E-state index contributed by atoms with van der Waals surface area (Å²) in [4.78, 5) is 36.3. The Balaban J connectivity index is 1.91. The lowest BCUT2D eigenvalue weighted by Crippen LogP contribution is -2.43. The van der Waals surface area contributed by atoms with Crippen LogP contribution in [-0.4, -0.2) is 52.7 Å². The highest BCUT2D eigenvalue weighted by Gasteiger charge is 2.39. The van der Waals surface area contributed by atoms with Crippen molar-refractivity contribution in [1.29, 1.82) is 0 Å². The number of fused-ring (bicyclic) bond motifs is 1. The Morgan fingerprint density at radius 2 is 1.96 bits per heavy atom. The number of carbonyl (C=O) groups is 2. The normalized spacial score (nSPS) is 19.4. The first-order valence-corrected chi connectivity index (χ1v) is 7.92. The number of aliphatic hydroxyl groups is 1. The van der Waals surface area contributed by atoms with Crippen molar-refractivity contribution >= 4 is 34.1 Å². The molecule has 1 aliphatic rings. The minimum atomic E-state index is -0.876. The molecular formula is C17H17N3O6. The molecule has 0 bridgehead atoms. The maximum Gasteiger partial charge on any atom is 0.328 e. The minimum absolute atomic E-state index is 0.00346. The lowest BCUT2D eigenvalue weighted by molar-refractivity contribution is -0.383. The van der Waals surface area contributed by atoms with Crippen molar-refractivity contribution in [3.63, 3.8) is 0 Å². The number of nitro groups is 1. The Labute approximate surface area is 148 Å². The number of likely N-dealkylation sites (tertiary alicyclic amines) is 1. The topological polar surface area (TPSA) is 122 Å². The van der Waals surface area contributed by atoms with E-state index >= 15 is 0 Å². The fraction of sp³-hybridized carbons (Fsp3) is 0.294. The van der Waals surface area contributed by atoms with Gasteiger partial charge < -0.3 is 20.1 Å². The van der Waals surface area contributed by atoms with Crippen LogP contribution >= 0.6 is 0 Å². The summed E-state index contributed by atoms with van der Waals surface area (Å²) in [5, 5.41) is 24.5. The van der Waals surface area contributed by atoms with Crippen LogP contribution in [0.4, 0.5) is 16.2 Å². The minimum Gasteiger partial charge on any atom is -0.467 e. The van der Waals surface area contributed by atoms with E-state index < -0.39 is 29.1 Å². The highest BCUT2D eigenvalue weighted by molar-refractivity contribution is 6.05. The molecule has 2 atom stereocenters. The van der Waals surface area contributed by atoms with Gasteiger partial charge in [0.05, 0.1) is 29.2 Å². The zero-order valence-electron chi connectivity index (χ0n) is 13.9. The molecule has 0 radical (unpaired) electrons. The number of esters is 1. The number of rotatable bonds is 3. The van der Waals surface area contributed by atoms with Crippen molar-refractivity contribution in [3.05, 3.63) is 46.5 Å². The number of ether oxygens (including phenoxy) is 1. The number of nitro benzene ring substituents is 1. The second-order valence-corrected chi connectivity index (χ2v) is 5.95. The molecule has 2 aromatic rings. The number of benzene rings is 2. The van der Waals surface area contributed by atoms with E-state index in [4.69, 9.17) is 0 Å². The lowest BCUT2D eigenvalue weighted by atomic mass is 10.1. The number of non-ortho nitro benzene ring substituents is 1. The summed E-state index contributed by atoms with van der Waals surface area (Å²) in [7, 11) is 1.22. The van der Waals surface area contributed by atoms with Crippen molar-refractivity contribution in [2.24, 2.45) is 0 Å². The van der Waals surface area contributed by atoms with Gasteiger partial charge in [-0.1, -0.05) is 18.2 Å². The molecule has 2 amide bonds. The zero-order valence-corrected chi connectivity index (χ0v) is 13.9. The summed E-state index contributed by atoms with van der Waals surface area (Å²) in [6.07, 6.45) is -0.723. The zero-order chi connectivity index (χ0) is 18.8. The van der Waals surface area contributed by atoms with Gasteiger partial charge in [-0.15, -0.1) is 0 Å². The van der Waals surface area contributed by atoms with Crippen LogP contribution in [0.3, 0.4) is 0 Å². The SMILES string of the molecule is COC(=O)[C@@H]1C[C@H](O)CN1C(=O)Nc1ccc([N+](=O)[O-])c2ccccc12. The first-order valence-electron chi connectivity index (χ1n) is 7.92. The molecule has 1 saturated heterocycles. The number of aliphatic hydroxyl groups excluding tert-OH is 1. The fourth-order valence-electron chi connectivity index (χ4n) is 3.14. The molecule has 9 heteroatoms. The smallest absolute Gasteiger partial charge is 0.328 e. The maximum atomic E-state index is 12.6. The number of carbonyl (C=O) groups excluding carboxylic acids is 2. The van der Waals surface area contributed by atoms with E-state index in [9.17, 15) is 24.8 Å². The molecule has 0 spiro atoms. The van der Waals surface area contributed by atoms with Gasteiger partial charge in [-0.3, -0.25) is 10.1 Å². The highest BCUT2D eigenvalue weighted by Crippen LogP contribution is 2.32. The van der Waals surface area contributed by atoms with Crippen LogP contribution in [0.25, 0.3) is 10.8 Å². The number of β-amino-alcohol motifs (C(OH)–C–C–N with tert-alkyl or cyclic N) is 1. The van der Waals surface area contributed by atoms with Gasteiger partial charge in [0.25, 0.3) is 5.69 Å². The highest BCUT2D eigenvalue weighted by atomic mass is 16.6. The summed E-state index contributed by atoms with van der Waals surface area (Å²) in [5.41, 5.74) is 0.309. The van der Waals surface area contributed by atoms with Crippen LogP contribution in [0.15, 0.2) is 36.4 Å². The quantitative estimate of drug-likeness (QED) is 0.490. The van der Waals surface area contributed by atoms with Gasteiger partial charge >= 0.3 is 12.0 Å². The largest absolute Gasteiger partial charge is 0.467 e. The van der Waals surface area contributed by atoms with Crippen molar-refractivity contribution in [2.75, 3.05) is 19.0 Å². The summed E-state index contributed by atoms with van der Waals surface area (Å²) in [6, 6.07) is 7.93. The number of amides is 2. The number of methoxy groups -OCH3 is 1. The van der Waals surface area contributed by atoms with Crippen molar-refractivity contribution in [3.8, 4) is 0 Å². The molecule has 1 fully saturated rings. The summed E-state index contributed by atoms with van der Waals surface area (Å²) >= 11 is 0. The summed E-state index contributed by atoms with van der Waals surface area (Å²) < 4.78 is 4.68. The maximum absolute atomic E-state index is 12.6. The molecule has 1 heterocycles. The average molecular weight is 359 g/mol. The molecular weight excluding hydrogens is 342 g/mol. The number of nitrogens with one attached hydrogen (secondary N) is 1. The van der Waals surface area contributed by atoms with Crippen molar-refractivity contribution < 1.29 is 24.4 Å². The molecule has 1 aliphatic heterocycles. The molecule has 0 aliphatic carbocycles. The van der Waals surface area contributed by atoms with Gasteiger partial charge in [0.15, 0.2) is 0 Å². The van der Waals surface area contributed by atoms with Gasteiger partial charge in [-0.05, 0) is 12.1 Å². The molecule has 26 heavy (non-hydrogen) atoms. The lowest BCUT2D eigenvalue weighted by Gasteiger charge is -2.23. The Kier molecular flexibility index (Phi) is 4.72. The number of urea groups is 1. The van der Waals surface area contributed by atoms with E-state index in [1.165, 1.54) is 24.1 Å². The third-order valence-corrected chi connectivity index (χ3v) is 4.35. The number of hydrogen-bond donors (Lipinski definition) is 2. The predicted octanol–water partition coefficient (Wildman–Crippen LogP) is 1.89. The number of nitrogens with zero attached hydrogens (tertiary/aromatic N) is 2. The first kappa shape index (κ1) is 17.6. The van der Waals surface area contributed by atoms with E-state index in [1.54, 1.807) is 24.3 Å². The van der Waals surface area contributed by atoms with E-state index in [2.05, 4.69) is 10.1 Å². The Morgan fingerprint density at radius 1 is 1.27 bits per heavy atom. The van der Waals surface area contributed by atoms with Gasteiger partial charge in [-0.2, -0.15) is 0 Å². The van der Waals surface area contributed by atoms with E-state index in [-0.39, 0.29) is 18.7 Å². The van der Waals surface area contributed by atoms with Crippen LogP contribution in [0.5, 0.6) is 0 Å². The van der Waals surface area contributed by atoms with Crippen LogP contribution in [0.1, 0.15) is 6.42 Å². The molecule has 2 N–H and O–H groups in total. The van der Waals surface area contributed by atoms with Gasteiger partial charge in [0.1, 0.15) is 6.04 Å². The van der Waals surface area contributed by atoms with Gasteiger partial charge in [-0.25, -0.2) is 9.59 Å². The standard InChI is InChI=1S/C17H17N3O6/c1-26-16(22)15-8-10(21)9-19(15)17(23)18-13-6-7-14(20(24)25)12-5-3-2-4-11(12)13/h2-7,10,15,21H,8-9H2,1H3,(H,18,23)/t10-,15-/m0/s1. The summed E-state index contributed by atoms with van der Waals surface area (Å²) in [5.74, 6) is -0.606. The second-order valence-electron chi connectivity index (χ2n) is 5.95. The van der Waals surface area contributed by atoms with E-state index in [0.717, 1.165) is 0 Å². The Hall–Kier alpha value is -3.20. The predicted molar refractivity (Wildman–Crippen MR) is 92.8 cm³/mol. The number of hydrogen-bond acceptors (Lipinski definition) is 6. The molecule has 9 nitrogen and oxygen atoms in total. The number of anilines is 1. The van der Waals surface area contributed by atoms with E-state index in [1.807, 2.05) is 0 Å². The Bertz CT molecular complexity index is 884. The van der Waals surface area contributed by atoms with Gasteiger partial charge in [0.2, 0.25) is 0 Å². The van der Waals surface area contributed by atoms with Crippen LogP contribution < -0.4 is 5.32 Å². The van der Waals surface area contributed by atoms with Gasteiger partial charge in [0, 0.05) is 24.4 Å². The summed E-state index contributed by atoms with van der Waals surface area (Å²) in [6.45, 7) is -0.00346. The third kappa shape index (κ3) is 3.16. The van der Waals surface area contributed by atoms with E-state index in [0.29, 0.717) is 16.5 Å². The molecule has 0 aromatic heterocycles. The monoisotopic (exact) mass is 359 g/mol. The van der Waals surface area contributed by atoms with Crippen LogP contribution in [0, 0.1) is 10.1 Å². The van der Waals surface area contributed by atoms with Crippen molar-refractivity contribution in [1.82, 2.24) is 4.90 Å². The molecule has 3 rings (SSSR count). The molecule has 0 unspecified atom stereocenters. The fourth-order valence-corrected chi connectivity index (χ4v) is 3.14. The average Bonchev–Trinajstić information content (AvgIpc) is 3.03. The Morgan fingerprint density at radius 3 is 2.62 bits per heavy atom. The molecule has 2 aromatic carbocycles. The first-order chi connectivity index (χ1) is 12.4. The van der Waals surface area contributed by atoms with Crippen molar-refractivity contribution in [2.45, 2.75) is 18.6 Å². The second kappa shape index (κ2) is 6.96.